The van der Waals surface area contributed by atoms with E-state index < -0.39 is 5.92 Å². The van der Waals surface area contributed by atoms with E-state index in [4.69, 9.17) is 4.74 Å². The van der Waals surface area contributed by atoms with E-state index in [1.807, 2.05) is 62.4 Å². The van der Waals surface area contributed by atoms with Crippen molar-refractivity contribution in [2.45, 2.75) is 26.3 Å². The quantitative estimate of drug-likeness (QED) is 0.674. The minimum atomic E-state index is -0.413. The second kappa shape index (κ2) is 7.95. The van der Waals surface area contributed by atoms with Crippen molar-refractivity contribution in [1.82, 2.24) is 15.3 Å². The van der Waals surface area contributed by atoms with Crippen molar-refractivity contribution in [3.63, 3.8) is 0 Å². The third kappa shape index (κ3) is 3.81. The van der Waals surface area contributed by atoms with Gasteiger partial charge in [0.2, 0.25) is 11.8 Å². The normalized spacial score (nSPS) is 17.5. The molecule has 1 fully saturated rings. The van der Waals surface area contributed by atoms with Gasteiger partial charge in [-0.3, -0.25) is 9.59 Å². The second-order valence-corrected chi connectivity index (χ2v) is 7.18. The van der Waals surface area contributed by atoms with Crippen LogP contribution >= 0.6 is 0 Å². The van der Waals surface area contributed by atoms with Gasteiger partial charge in [0.1, 0.15) is 11.6 Å². The molecule has 150 valence electrons. The van der Waals surface area contributed by atoms with Crippen LogP contribution in [0.1, 0.15) is 32.1 Å². The minimum Gasteiger partial charge on any atom is -0.492 e. The molecule has 0 aliphatic carbocycles. The molecule has 3 aromatic rings. The Morgan fingerprint density at radius 2 is 2.03 bits per heavy atom. The molecule has 2 aromatic carbocycles. The van der Waals surface area contributed by atoms with Crippen LogP contribution < -0.4 is 15.0 Å². The van der Waals surface area contributed by atoms with Gasteiger partial charge in [0.05, 0.1) is 35.3 Å². The lowest BCUT2D eigenvalue weighted by atomic mass is 10.1. The van der Waals surface area contributed by atoms with E-state index in [1.165, 1.54) is 0 Å². The minimum absolute atomic E-state index is 0.0753. The van der Waals surface area contributed by atoms with Gasteiger partial charge < -0.3 is 19.9 Å². The van der Waals surface area contributed by atoms with Gasteiger partial charge >= 0.3 is 0 Å². The summed E-state index contributed by atoms with van der Waals surface area (Å²) in [7, 11) is 0. The maximum absolute atomic E-state index is 12.8. The van der Waals surface area contributed by atoms with Crippen LogP contribution in [0.5, 0.6) is 5.75 Å². The standard InChI is InChI=1S/C22H24N4O3/c1-3-29-19-11-7-6-10-18(19)26-13-15(12-20(26)27)22(28)23-14(2)21-24-16-8-4-5-9-17(16)25-21/h4-11,14-15H,3,12-13H2,1-2H3,(H,23,28)(H,24,25). The maximum atomic E-state index is 12.8. The average molecular weight is 392 g/mol. The summed E-state index contributed by atoms with van der Waals surface area (Å²) in [6.45, 7) is 4.63. The first-order valence-corrected chi connectivity index (χ1v) is 9.84. The molecule has 1 saturated heterocycles. The first kappa shape index (κ1) is 19.0. The molecule has 0 spiro atoms. The molecule has 4 rings (SSSR count). The molecule has 29 heavy (non-hydrogen) atoms. The molecule has 2 heterocycles. The highest BCUT2D eigenvalue weighted by molar-refractivity contribution is 6.01. The van der Waals surface area contributed by atoms with E-state index >= 15 is 0 Å². The van der Waals surface area contributed by atoms with Crippen molar-refractivity contribution in [3.05, 3.63) is 54.4 Å². The number of carbonyl (C=O) groups is 2. The molecule has 2 atom stereocenters. The van der Waals surface area contributed by atoms with Crippen LogP contribution in [-0.2, 0) is 9.59 Å². The van der Waals surface area contributed by atoms with Gasteiger partial charge in [0, 0.05) is 13.0 Å². The lowest BCUT2D eigenvalue weighted by Crippen LogP contribution is -2.35. The molecule has 2 unspecified atom stereocenters. The monoisotopic (exact) mass is 392 g/mol. The van der Waals surface area contributed by atoms with Gasteiger partial charge in [-0.25, -0.2) is 4.98 Å². The summed E-state index contributed by atoms with van der Waals surface area (Å²) in [5.41, 5.74) is 2.50. The van der Waals surface area contributed by atoms with Crippen LogP contribution in [0.3, 0.4) is 0 Å². The third-order valence-electron chi connectivity index (χ3n) is 5.13. The van der Waals surface area contributed by atoms with Crippen LogP contribution in [0, 0.1) is 5.92 Å². The molecular formula is C22H24N4O3. The summed E-state index contributed by atoms with van der Waals surface area (Å²) in [5, 5.41) is 2.99. The predicted octanol–water partition coefficient (Wildman–Crippen LogP) is 3.19. The summed E-state index contributed by atoms with van der Waals surface area (Å²) in [5.74, 6) is 0.711. The molecule has 7 heteroatoms. The van der Waals surface area contributed by atoms with Gasteiger partial charge in [0.25, 0.3) is 0 Å². The number of para-hydroxylation sites is 4. The molecule has 1 aromatic heterocycles. The molecular weight excluding hydrogens is 368 g/mol. The number of anilines is 1. The number of nitrogens with one attached hydrogen (secondary N) is 2. The van der Waals surface area contributed by atoms with E-state index in [-0.39, 0.29) is 24.3 Å². The van der Waals surface area contributed by atoms with E-state index in [1.54, 1.807) is 4.90 Å². The highest BCUT2D eigenvalue weighted by Gasteiger charge is 2.36. The van der Waals surface area contributed by atoms with E-state index in [0.29, 0.717) is 30.4 Å². The number of aromatic nitrogens is 2. The Morgan fingerprint density at radius 3 is 2.83 bits per heavy atom. The van der Waals surface area contributed by atoms with Crippen molar-refractivity contribution in [1.29, 1.82) is 0 Å². The Kier molecular flexibility index (Phi) is 5.20. The number of benzene rings is 2. The number of rotatable bonds is 6. The second-order valence-electron chi connectivity index (χ2n) is 7.18. The van der Waals surface area contributed by atoms with Crippen LogP contribution in [0.25, 0.3) is 11.0 Å². The van der Waals surface area contributed by atoms with Gasteiger partial charge in [-0.05, 0) is 38.1 Å². The van der Waals surface area contributed by atoms with Crippen LogP contribution in [0.4, 0.5) is 5.69 Å². The number of nitrogens with zero attached hydrogens (tertiary/aromatic N) is 2. The topological polar surface area (TPSA) is 87.3 Å². The highest BCUT2D eigenvalue weighted by Crippen LogP contribution is 2.33. The van der Waals surface area contributed by atoms with Crippen molar-refractivity contribution in [3.8, 4) is 5.75 Å². The summed E-state index contributed by atoms with van der Waals surface area (Å²) in [6, 6.07) is 14.9. The fraction of sp³-hybridized carbons (Fsp3) is 0.318. The number of imidazole rings is 1. The summed E-state index contributed by atoms with van der Waals surface area (Å²) < 4.78 is 5.64. The molecule has 1 aliphatic heterocycles. The Hall–Kier alpha value is -3.35. The zero-order valence-electron chi connectivity index (χ0n) is 16.5. The summed E-state index contributed by atoms with van der Waals surface area (Å²) >= 11 is 0. The molecule has 7 nitrogen and oxygen atoms in total. The Balaban J connectivity index is 1.45. The number of amides is 2. The van der Waals surface area contributed by atoms with Gasteiger partial charge in [0.15, 0.2) is 0 Å². The predicted molar refractivity (Wildman–Crippen MR) is 111 cm³/mol. The Labute approximate surface area is 169 Å². The van der Waals surface area contributed by atoms with Crippen molar-refractivity contribution in [2.24, 2.45) is 5.92 Å². The highest BCUT2D eigenvalue weighted by atomic mass is 16.5. The molecule has 1 aliphatic rings. The number of carbonyl (C=O) groups excluding carboxylic acids is 2. The van der Waals surface area contributed by atoms with Crippen molar-refractivity contribution in [2.75, 3.05) is 18.1 Å². The van der Waals surface area contributed by atoms with Crippen LogP contribution in [0.2, 0.25) is 0 Å². The van der Waals surface area contributed by atoms with Gasteiger partial charge in [-0.15, -0.1) is 0 Å². The van der Waals surface area contributed by atoms with Crippen molar-refractivity contribution >= 4 is 28.5 Å². The smallest absolute Gasteiger partial charge is 0.227 e. The van der Waals surface area contributed by atoms with E-state index in [0.717, 1.165) is 11.0 Å². The maximum Gasteiger partial charge on any atom is 0.227 e. The van der Waals surface area contributed by atoms with E-state index in [9.17, 15) is 9.59 Å². The zero-order chi connectivity index (χ0) is 20.4. The summed E-state index contributed by atoms with van der Waals surface area (Å²) in [4.78, 5) is 34.8. The van der Waals surface area contributed by atoms with Crippen LogP contribution in [-0.4, -0.2) is 34.9 Å². The number of hydrogen-bond acceptors (Lipinski definition) is 4. The zero-order valence-corrected chi connectivity index (χ0v) is 16.5. The largest absolute Gasteiger partial charge is 0.492 e. The summed E-state index contributed by atoms with van der Waals surface area (Å²) in [6.07, 6.45) is 0.180. The number of H-pyrrole nitrogens is 1. The number of ether oxygens (including phenoxy) is 1. The molecule has 2 amide bonds. The first-order valence-electron chi connectivity index (χ1n) is 9.84. The lowest BCUT2D eigenvalue weighted by molar-refractivity contribution is -0.126. The molecule has 2 N–H and O–H groups in total. The Morgan fingerprint density at radius 1 is 1.28 bits per heavy atom. The lowest BCUT2D eigenvalue weighted by Gasteiger charge is -2.20. The van der Waals surface area contributed by atoms with Crippen LogP contribution in [0.15, 0.2) is 48.5 Å². The fourth-order valence-electron chi connectivity index (χ4n) is 3.65. The van der Waals surface area contributed by atoms with Gasteiger partial charge in [-0.1, -0.05) is 24.3 Å². The van der Waals surface area contributed by atoms with E-state index in [2.05, 4.69) is 15.3 Å². The van der Waals surface area contributed by atoms with Crippen molar-refractivity contribution < 1.29 is 14.3 Å². The average Bonchev–Trinajstić information content (AvgIpc) is 3.32. The number of aromatic amines is 1. The number of fused-ring (bicyclic) bond motifs is 1. The third-order valence-corrected chi connectivity index (χ3v) is 5.13. The van der Waals surface area contributed by atoms with Gasteiger partial charge in [-0.2, -0.15) is 0 Å². The molecule has 0 bridgehead atoms. The molecule has 0 saturated carbocycles. The molecule has 0 radical (unpaired) electrons. The first-order chi connectivity index (χ1) is 14.1. The SMILES string of the molecule is CCOc1ccccc1N1CC(C(=O)NC(C)c2nc3ccccc3[nH]2)CC1=O. The fourth-order valence-corrected chi connectivity index (χ4v) is 3.65. The number of hydrogen-bond donors (Lipinski definition) is 2. The Bertz CT molecular complexity index is 1010.